The quantitative estimate of drug-likeness (QED) is 0.446. The molecular weight excluding hydrogens is 296 g/mol. The lowest BCUT2D eigenvalue weighted by atomic mass is 10.2. The number of para-hydroxylation sites is 2. The molecule has 0 aliphatic heterocycles. The van der Waals surface area contributed by atoms with Crippen LogP contribution < -0.4 is 0 Å². The van der Waals surface area contributed by atoms with Gasteiger partial charge in [0, 0.05) is 17.7 Å². The Kier molecular flexibility index (Phi) is 2.87. The highest BCUT2D eigenvalue weighted by atomic mass is 16.6. The van der Waals surface area contributed by atoms with Gasteiger partial charge in [0.15, 0.2) is 17.5 Å². The number of aromatic amines is 2. The molecule has 112 valence electrons. The summed E-state index contributed by atoms with van der Waals surface area (Å²) in [4.78, 5) is 22.2. The van der Waals surface area contributed by atoms with Crippen molar-refractivity contribution in [1.82, 2.24) is 25.1 Å². The van der Waals surface area contributed by atoms with Crippen molar-refractivity contribution in [2.24, 2.45) is 0 Å². The number of benzene rings is 2. The number of nitro benzene ring substituents is 1. The molecule has 8 heteroatoms. The summed E-state index contributed by atoms with van der Waals surface area (Å²) in [6.45, 7) is 0. The third kappa shape index (κ3) is 2.31. The zero-order chi connectivity index (χ0) is 15.8. The molecule has 0 saturated carbocycles. The van der Waals surface area contributed by atoms with E-state index >= 15 is 0 Å². The molecule has 4 aromatic rings. The van der Waals surface area contributed by atoms with Crippen LogP contribution in [0.15, 0.2) is 48.5 Å². The van der Waals surface area contributed by atoms with Gasteiger partial charge in [-0.05, 0) is 24.3 Å². The van der Waals surface area contributed by atoms with Crippen LogP contribution in [0.25, 0.3) is 34.1 Å². The van der Waals surface area contributed by atoms with Gasteiger partial charge in [-0.2, -0.15) is 5.10 Å². The topological polar surface area (TPSA) is 113 Å². The van der Waals surface area contributed by atoms with E-state index in [1.165, 1.54) is 12.1 Å². The Balaban J connectivity index is 1.69. The number of hydrogen-bond donors (Lipinski definition) is 2. The normalized spacial score (nSPS) is 11.0. The maximum Gasteiger partial charge on any atom is 0.269 e. The lowest BCUT2D eigenvalue weighted by molar-refractivity contribution is -0.384. The number of rotatable bonds is 3. The van der Waals surface area contributed by atoms with E-state index in [0.717, 1.165) is 11.0 Å². The summed E-state index contributed by atoms with van der Waals surface area (Å²) in [6, 6.07) is 13.7. The summed E-state index contributed by atoms with van der Waals surface area (Å²) in [6.07, 6.45) is 0. The summed E-state index contributed by atoms with van der Waals surface area (Å²) >= 11 is 0. The predicted octanol–water partition coefficient (Wildman–Crippen LogP) is 2.92. The van der Waals surface area contributed by atoms with Gasteiger partial charge >= 0.3 is 0 Å². The smallest absolute Gasteiger partial charge is 0.269 e. The molecule has 2 N–H and O–H groups in total. The first kappa shape index (κ1) is 13.1. The van der Waals surface area contributed by atoms with Crippen LogP contribution >= 0.6 is 0 Å². The molecule has 0 unspecified atom stereocenters. The summed E-state index contributed by atoms with van der Waals surface area (Å²) in [5.74, 6) is 1.55. The van der Waals surface area contributed by atoms with E-state index in [1.54, 1.807) is 12.1 Å². The van der Waals surface area contributed by atoms with Crippen LogP contribution in [0.2, 0.25) is 0 Å². The van der Waals surface area contributed by atoms with Crippen molar-refractivity contribution in [3.8, 4) is 23.0 Å². The van der Waals surface area contributed by atoms with Crippen molar-refractivity contribution < 1.29 is 4.92 Å². The van der Waals surface area contributed by atoms with Crippen molar-refractivity contribution in [3.05, 3.63) is 58.6 Å². The number of nitro groups is 1. The van der Waals surface area contributed by atoms with Crippen LogP contribution in [-0.2, 0) is 0 Å². The van der Waals surface area contributed by atoms with E-state index in [2.05, 4.69) is 25.1 Å². The van der Waals surface area contributed by atoms with Crippen LogP contribution in [-0.4, -0.2) is 30.1 Å². The molecule has 0 fully saturated rings. The van der Waals surface area contributed by atoms with Gasteiger partial charge in [-0.3, -0.25) is 15.2 Å². The summed E-state index contributed by atoms with van der Waals surface area (Å²) in [7, 11) is 0. The molecule has 23 heavy (non-hydrogen) atoms. The van der Waals surface area contributed by atoms with Crippen LogP contribution in [0, 0.1) is 10.1 Å². The first-order chi connectivity index (χ1) is 11.2. The van der Waals surface area contributed by atoms with Gasteiger partial charge in [0.2, 0.25) is 0 Å². The second-order valence-corrected chi connectivity index (χ2v) is 4.91. The minimum atomic E-state index is -0.443. The van der Waals surface area contributed by atoms with Crippen LogP contribution in [0.3, 0.4) is 0 Å². The molecule has 0 spiro atoms. The Hall–Kier alpha value is -3.55. The summed E-state index contributed by atoms with van der Waals surface area (Å²) in [5.41, 5.74) is 2.47. The van der Waals surface area contributed by atoms with E-state index in [1.807, 2.05) is 24.3 Å². The van der Waals surface area contributed by atoms with Crippen LogP contribution in [0.5, 0.6) is 0 Å². The van der Waals surface area contributed by atoms with E-state index in [9.17, 15) is 10.1 Å². The molecular formula is C15H10N6O2. The van der Waals surface area contributed by atoms with Crippen LogP contribution in [0.4, 0.5) is 5.69 Å². The highest BCUT2D eigenvalue weighted by Crippen LogP contribution is 2.22. The molecule has 0 aliphatic carbocycles. The average Bonchev–Trinajstić information content (AvgIpc) is 3.21. The monoisotopic (exact) mass is 306 g/mol. The highest BCUT2D eigenvalue weighted by Gasteiger charge is 2.12. The van der Waals surface area contributed by atoms with Gasteiger partial charge in [-0.1, -0.05) is 12.1 Å². The van der Waals surface area contributed by atoms with Gasteiger partial charge in [-0.25, -0.2) is 9.97 Å². The SMILES string of the molecule is O=[N+]([O-])c1ccc(-c2n[nH]c(-c3nc4ccccc4[nH]3)n2)cc1. The first-order valence-electron chi connectivity index (χ1n) is 6.83. The van der Waals surface area contributed by atoms with Crippen molar-refractivity contribution in [2.75, 3.05) is 0 Å². The minimum Gasteiger partial charge on any atom is -0.335 e. The standard InChI is InChI=1S/C15H10N6O2/c22-21(23)10-7-5-9(6-8-10)13-18-15(20-19-13)14-16-11-3-1-2-4-12(11)17-14/h1-8H,(H,16,17)(H,18,19,20). The van der Waals surface area contributed by atoms with Gasteiger partial charge < -0.3 is 4.98 Å². The van der Waals surface area contributed by atoms with Gasteiger partial charge in [0.1, 0.15) is 0 Å². The Bertz CT molecular complexity index is 969. The Morgan fingerprint density at radius 1 is 0.957 bits per heavy atom. The summed E-state index contributed by atoms with van der Waals surface area (Å²) < 4.78 is 0. The maximum absolute atomic E-state index is 10.7. The highest BCUT2D eigenvalue weighted by molar-refractivity contribution is 5.78. The minimum absolute atomic E-state index is 0.0294. The van der Waals surface area contributed by atoms with E-state index in [-0.39, 0.29) is 5.69 Å². The largest absolute Gasteiger partial charge is 0.335 e. The predicted molar refractivity (Wildman–Crippen MR) is 83.6 cm³/mol. The number of imidazole rings is 1. The third-order valence-electron chi connectivity index (χ3n) is 3.44. The number of hydrogen-bond acceptors (Lipinski definition) is 5. The lowest BCUT2D eigenvalue weighted by Crippen LogP contribution is -1.88. The fraction of sp³-hybridized carbons (Fsp3) is 0. The number of fused-ring (bicyclic) bond motifs is 1. The Morgan fingerprint density at radius 3 is 2.48 bits per heavy atom. The maximum atomic E-state index is 10.7. The molecule has 4 rings (SSSR count). The average molecular weight is 306 g/mol. The fourth-order valence-corrected chi connectivity index (χ4v) is 2.29. The molecule has 0 saturated heterocycles. The van der Waals surface area contributed by atoms with Crippen molar-refractivity contribution >= 4 is 16.7 Å². The van der Waals surface area contributed by atoms with E-state index in [4.69, 9.17) is 0 Å². The summed E-state index contributed by atoms with van der Waals surface area (Å²) in [5, 5.41) is 17.7. The van der Waals surface area contributed by atoms with Crippen LogP contribution in [0.1, 0.15) is 0 Å². The fourth-order valence-electron chi connectivity index (χ4n) is 2.29. The zero-order valence-electron chi connectivity index (χ0n) is 11.7. The molecule has 0 bridgehead atoms. The number of nitrogens with one attached hydrogen (secondary N) is 2. The van der Waals surface area contributed by atoms with E-state index < -0.39 is 4.92 Å². The second-order valence-electron chi connectivity index (χ2n) is 4.91. The Labute approximate surface area is 129 Å². The van der Waals surface area contributed by atoms with Crippen molar-refractivity contribution in [2.45, 2.75) is 0 Å². The molecule has 0 atom stereocenters. The lowest BCUT2D eigenvalue weighted by Gasteiger charge is -1.94. The van der Waals surface area contributed by atoms with Gasteiger partial charge in [0.25, 0.3) is 5.69 Å². The first-order valence-corrected chi connectivity index (χ1v) is 6.83. The van der Waals surface area contributed by atoms with Crippen molar-refractivity contribution in [3.63, 3.8) is 0 Å². The van der Waals surface area contributed by atoms with Gasteiger partial charge in [0.05, 0.1) is 16.0 Å². The molecule has 0 amide bonds. The number of non-ortho nitro benzene ring substituents is 1. The Morgan fingerprint density at radius 2 is 1.74 bits per heavy atom. The molecule has 0 aliphatic rings. The second kappa shape index (κ2) is 5.02. The molecule has 2 aromatic carbocycles. The zero-order valence-corrected chi connectivity index (χ0v) is 11.7. The third-order valence-corrected chi connectivity index (χ3v) is 3.44. The molecule has 8 nitrogen and oxygen atoms in total. The number of nitrogens with zero attached hydrogens (tertiary/aromatic N) is 4. The number of H-pyrrole nitrogens is 2. The number of aromatic nitrogens is 5. The molecule has 2 aromatic heterocycles. The molecule has 2 heterocycles. The van der Waals surface area contributed by atoms with Gasteiger partial charge in [-0.15, -0.1) is 0 Å². The van der Waals surface area contributed by atoms with E-state index in [0.29, 0.717) is 23.0 Å². The molecule has 0 radical (unpaired) electrons. The van der Waals surface area contributed by atoms with Crippen molar-refractivity contribution in [1.29, 1.82) is 0 Å².